The molecule has 0 aromatic heterocycles. The first-order valence-electron chi connectivity index (χ1n) is 7.40. The minimum atomic E-state index is -0.997. The third-order valence-electron chi connectivity index (χ3n) is 5.39. The van der Waals surface area contributed by atoms with E-state index in [4.69, 9.17) is 0 Å². The first-order chi connectivity index (χ1) is 10.9. The number of imide groups is 1. The van der Waals surface area contributed by atoms with Gasteiger partial charge in [0, 0.05) is 24.0 Å². The smallest absolute Gasteiger partial charge is 0.271 e. The largest absolute Gasteiger partial charge is 0.390 e. The van der Waals surface area contributed by atoms with Gasteiger partial charge in [0.25, 0.3) is 5.69 Å². The summed E-state index contributed by atoms with van der Waals surface area (Å²) in [5.41, 5.74) is -0.0461. The zero-order chi connectivity index (χ0) is 16.5. The molecule has 2 N–H and O–H groups in total. The standard InChI is InChI=1S/C15H14N2O6/c18-12-8-5-9(13(12)19)11-10(8)14(20)16(15(11)21)6-2-1-3-7(4-6)17(22)23/h1-4,8-13,18-19H,5H2/t8-,9-,10-,11-,12+,13+/m1/s1. The Bertz CT molecular complexity index is 702. The Kier molecular flexibility index (Phi) is 2.85. The highest BCUT2D eigenvalue weighted by atomic mass is 16.6. The Morgan fingerprint density at radius 1 is 1.09 bits per heavy atom. The van der Waals surface area contributed by atoms with Crippen LogP contribution in [0.1, 0.15) is 6.42 Å². The molecule has 8 heteroatoms. The number of carbonyl (C=O) groups excluding carboxylic acids is 2. The lowest BCUT2D eigenvalue weighted by Gasteiger charge is -2.29. The zero-order valence-corrected chi connectivity index (χ0v) is 11.9. The summed E-state index contributed by atoms with van der Waals surface area (Å²) >= 11 is 0. The summed E-state index contributed by atoms with van der Waals surface area (Å²) in [5.74, 6) is -3.05. The lowest BCUT2D eigenvalue weighted by Crippen LogP contribution is -2.43. The fourth-order valence-electron chi connectivity index (χ4n) is 4.43. The van der Waals surface area contributed by atoms with E-state index in [9.17, 15) is 29.9 Å². The van der Waals surface area contributed by atoms with E-state index in [1.807, 2.05) is 0 Å². The molecule has 120 valence electrons. The van der Waals surface area contributed by atoms with E-state index in [0.717, 1.165) is 4.90 Å². The second kappa shape index (κ2) is 4.59. The van der Waals surface area contributed by atoms with E-state index >= 15 is 0 Å². The number of nitrogens with zero attached hydrogens (tertiary/aromatic N) is 2. The second-order valence-electron chi connectivity index (χ2n) is 6.39. The van der Waals surface area contributed by atoms with E-state index in [2.05, 4.69) is 0 Å². The predicted octanol–water partition coefficient (Wildman–Crippen LogP) is 0.0719. The summed E-state index contributed by atoms with van der Waals surface area (Å²) in [6, 6.07) is 5.36. The van der Waals surface area contributed by atoms with Crippen LogP contribution in [0, 0.1) is 33.8 Å². The van der Waals surface area contributed by atoms with Gasteiger partial charge in [0.1, 0.15) is 0 Å². The van der Waals surface area contributed by atoms with Crippen molar-refractivity contribution in [2.24, 2.45) is 23.7 Å². The molecule has 2 bridgehead atoms. The fraction of sp³-hybridized carbons (Fsp3) is 0.467. The molecule has 0 spiro atoms. The molecule has 3 fully saturated rings. The molecule has 6 atom stereocenters. The van der Waals surface area contributed by atoms with Crippen molar-refractivity contribution in [2.45, 2.75) is 18.6 Å². The lowest BCUT2D eigenvalue weighted by atomic mass is 9.78. The normalized spacial score (nSPS) is 38.3. The van der Waals surface area contributed by atoms with Crippen molar-refractivity contribution in [3.05, 3.63) is 34.4 Å². The van der Waals surface area contributed by atoms with Gasteiger partial charge < -0.3 is 10.2 Å². The number of non-ortho nitro benzene ring substituents is 1. The number of fused-ring (bicyclic) bond motifs is 5. The van der Waals surface area contributed by atoms with Crippen LogP contribution >= 0.6 is 0 Å². The van der Waals surface area contributed by atoms with Crippen molar-refractivity contribution in [1.29, 1.82) is 0 Å². The molecule has 0 radical (unpaired) electrons. The number of amides is 2. The Labute approximate surface area is 130 Å². The molecular weight excluding hydrogens is 304 g/mol. The summed E-state index contributed by atoms with van der Waals surface area (Å²) in [6.07, 6.45) is -1.54. The molecule has 23 heavy (non-hydrogen) atoms. The highest BCUT2D eigenvalue weighted by Crippen LogP contribution is 2.56. The van der Waals surface area contributed by atoms with Gasteiger partial charge in [-0.2, -0.15) is 0 Å². The molecule has 0 unspecified atom stereocenters. The second-order valence-corrected chi connectivity index (χ2v) is 6.39. The Morgan fingerprint density at radius 3 is 2.17 bits per heavy atom. The molecule has 2 aliphatic carbocycles. The minimum absolute atomic E-state index is 0.159. The van der Waals surface area contributed by atoms with Crippen LogP contribution in [0.5, 0.6) is 0 Å². The quantitative estimate of drug-likeness (QED) is 0.452. The molecule has 1 aromatic carbocycles. The zero-order valence-electron chi connectivity index (χ0n) is 11.9. The topological polar surface area (TPSA) is 121 Å². The molecule has 1 aliphatic heterocycles. The molecule has 1 aromatic rings. The van der Waals surface area contributed by atoms with Crippen LogP contribution in [-0.4, -0.2) is 39.2 Å². The van der Waals surface area contributed by atoms with Gasteiger partial charge in [0.2, 0.25) is 11.8 Å². The van der Waals surface area contributed by atoms with Crippen LogP contribution in [0.15, 0.2) is 24.3 Å². The average molecular weight is 318 g/mol. The fourth-order valence-corrected chi connectivity index (χ4v) is 4.43. The van der Waals surface area contributed by atoms with Crippen LogP contribution in [0.3, 0.4) is 0 Å². The minimum Gasteiger partial charge on any atom is -0.390 e. The lowest BCUT2D eigenvalue weighted by molar-refractivity contribution is -0.384. The van der Waals surface area contributed by atoms with E-state index in [0.29, 0.717) is 6.42 Å². The van der Waals surface area contributed by atoms with E-state index < -0.39 is 52.6 Å². The van der Waals surface area contributed by atoms with Gasteiger partial charge >= 0.3 is 0 Å². The number of hydrogen-bond donors (Lipinski definition) is 2. The third-order valence-corrected chi connectivity index (χ3v) is 5.39. The third kappa shape index (κ3) is 1.73. The number of aliphatic hydroxyl groups is 2. The number of hydrogen-bond acceptors (Lipinski definition) is 6. The van der Waals surface area contributed by atoms with Crippen LogP contribution in [0.2, 0.25) is 0 Å². The van der Waals surface area contributed by atoms with Crippen molar-refractivity contribution < 1.29 is 24.7 Å². The number of anilines is 1. The molecule has 3 aliphatic rings. The summed E-state index contributed by atoms with van der Waals surface area (Å²) in [6.45, 7) is 0. The maximum atomic E-state index is 12.7. The average Bonchev–Trinajstić information content (AvgIpc) is 3.12. The summed E-state index contributed by atoms with van der Waals surface area (Å²) in [5, 5.41) is 30.9. The van der Waals surface area contributed by atoms with Gasteiger partial charge in [-0.1, -0.05) is 6.07 Å². The van der Waals surface area contributed by atoms with E-state index in [1.54, 1.807) is 0 Å². The maximum Gasteiger partial charge on any atom is 0.271 e. The van der Waals surface area contributed by atoms with Crippen molar-refractivity contribution in [3.8, 4) is 0 Å². The SMILES string of the molecule is O=C1[C@@H]2[C@H]3C[C@@H]([C@H](O)[C@H]3O)[C@H]2C(=O)N1c1cccc([N+](=O)[O-])c1. The van der Waals surface area contributed by atoms with Crippen LogP contribution < -0.4 is 4.90 Å². The number of nitro groups is 1. The van der Waals surface area contributed by atoms with Crippen molar-refractivity contribution in [3.63, 3.8) is 0 Å². The monoisotopic (exact) mass is 318 g/mol. The molecule has 8 nitrogen and oxygen atoms in total. The highest BCUT2D eigenvalue weighted by molar-refractivity contribution is 6.22. The number of nitro benzene ring substituents is 1. The van der Waals surface area contributed by atoms with Crippen molar-refractivity contribution in [1.82, 2.24) is 0 Å². The molecular formula is C15H14N2O6. The molecule has 2 amide bonds. The molecule has 1 saturated heterocycles. The summed E-state index contributed by atoms with van der Waals surface area (Å²) < 4.78 is 0. The number of benzene rings is 1. The Hall–Kier alpha value is -2.32. The van der Waals surface area contributed by atoms with Gasteiger partial charge in [-0.05, 0) is 12.5 Å². The molecule has 2 saturated carbocycles. The number of carbonyl (C=O) groups is 2. The molecule has 4 rings (SSSR count). The highest BCUT2D eigenvalue weighted by Gasteiger charge is 2.67. The van der Waals surface area contributed by atoms with Crippen LogP contribution in [0.4, 0.5) is 11.4 Å². The van der Waals surface area contributed by atoms with Crippen LogP contribution in [0.25, 0.3) is 0 Å². The number of rotatable bonds is 2. The Morgan fingerprint density at radius 2 is 1.65 bits per heavy atom. The molecule has 1 heterocycles. The van der Waals surface area contributed by atoms with Gasteiger partial charge in [-0.3, -0.25) is 19.7 Å². The summed E-state index contributed by atoms with van der Waals surface area (Å²) in [7, 11) is 0. The van der Waals surface area contributed by atoms with Crippen molar-refractivity contribution >= 4 is 23.2 Å². The Balaban J connectivity index is 1.73. The van der Waals surface area contributed by atoms with Gasteiger partial charge in [-0.15, -0.1) is 0 Å². The number of aliphatic hydroxyl groups excluding tert-OH is 2. The van der Waals surface area contributed by atoms with E-state index in [-0.39, 0.29) is 11.4 Å². The predicted molar refractivity (Wildman–Crippen MR) is 76.2 cm³/mol. The first kappa shape index (κ1) is 14.3. The first-order valence-corrected chi connectivity index (χ1v) is 7.40. The van der Waals surface area contributed by atoms with E-state index in [1.165, 1.54) is 24.3 Å². The van der Waals surface area contributed by atoms with Crippen LogP contribution in [-0.2, 0) is 9.59 Å². The van der Waals surface area contributed by atoms with Gasteiger partial charge in [0.15, 0.2) is 0 Å². The van der Waals surface area contributed by atoms with Crippen molar-refractivity contribution in [2.75, 3.05) is 4.90 Å². The maximum absolute atomic E-state index is 12.7. The summed E-state index contributed by atoms with van der Waals surface area (Å²) in [4.78, 5) is 36.6. The van der Waals surface area contributed by atoms with Gasteiger partial charge in [-0.25, -0.2) is 4.90 Å². The van der Waals surface area contributed by atoms with Gasteiger partial charge in [0.05, 0.1) is 34.7 Å².